The van der Waals surface area contributed by atoms with Gasteiger partial charge in [0.1, 0.15) is 17.9 Å². The van der Waals surface area contributed by atoms with Crippen LogP contribution < -0.4 is 14.5 Å². The van der Waals surface area contributed by atoms with Crippen molar-refractivity contribution in [1.82, 2.24) is 4.72 Å². The number of anilines is 1. The summed E-state index contributed by atoms with van der Waals surface area (Å²) in [7, 11) is 0.129. The first-order chi connectivity index (χ1) is 14.1. The van der Waals surface area contributed by atoms with Crippen LogP contribution in [0.3, 0.4) is 0 Å². The van der Waals surface area contributed by atoms with Crippen LogP contribution in [0, 0.1) is 5.82 Å². The molecule has 1 aromatic heterocycles. The van der Waals surface area contributed by atoms with E-state index in [0.717, 1.165) is 15.9 Å². The van der Waals surface area contributed by atoms with E-state index in [0.29, 0.717) is 9.21 Å². The Balaban J connectivity index is 1.70. The number of carbonyl (C=O) groups excluding carboxylic acids is 1. The van der Waals surface area contributed by atoms with Crippen LogP contribution in [-0.4, -0.2) is 41.0 Å². The van der Waals surface area contributed by atoms with Gasteiger partial charge in [-0.1, -0.05) is 17.7 Å². The molecular formula is C20H24ClFN3O3S2+. The van der Waals surface area contributed by atoms with E-state index in [1.54, 1.807) is 24.3 Å². The minimum atomic E-state index is -3.84. The maximum absolute atomic E-state index is 14.7. The van der Waals surface area contributed by atoms with Gasteiger partial charge in [-0.3, -0.25) is 4.79 Å². The Labute approximate surface area is 185 Å². The summed E-state index contributed by atoms with van der Waals surface area (Å²) < 4.78 is 42.3. The first-order valence-corrected chi connectivity index (χ1v) is 12.2. The molecule has 2 atom stereocenters. The second-order valence-electron chi connectivity index (χ2n) is 7.45. The molecule has 2 heterocycles. The standard InChI is InChI=1S/C20H23ClFN3O3S2/c1-13(24(2)3)14-4-6-18(16(22)12-14)25-10-8-17(20(25)26)23-30(27,28)11-9-15-5-7-19(21)29-15/h4-7,9,11-13,17,23H,8,10H2,1-3H3/p+1/b11-9+/t13-,17+/m1/s1. The average Bonchev–Trinajstić information content (AvgIpc) is 3.25. The molecule has 0 saturated carbocycles. The van der Waals surface area contributed by atoms with Gasteiger partial charge in [-0.2, -0.15) is 4.72 Å². The zero-order valence-electron chi connectivity index (χ0n) is 16.9. The fraction of sp³-hybridized carbons (Fsp3) is 0.350. The zero-order valence-corrected chi connectivity index (χ0v) is 19.2. The Hall–Kier alpha value is -1.78. The number of thiophene rings is 1. The van der Waals surface area contributed by atoms with Gasteiger partial charge in [-0.15, -0.1) is 11.3 Å². The van der Waals surface area contributed by atoms with Crippen molar-refractivity contribution in [2.24, 2.45) is 0 Å². The van der Waals surface area contributed by atoms with Crippen LogP contribution in [0.5, 0.6) is 0 Å². The molecule has 1 saturated heterocycles. The number of nitrogens with one attached hydrogen (secondary N) is 2. The van der Waals surface area contributed by atoms with Crippen LogP contribution >= 0.6 is 22.9 Å². The number of halogens is 2. The van der Waals surface area contributed by atoms with E-state index >= 15 is 0 Å². The van der Waals surface area contributed by atoms with Gasteiger partial charge in [0.15, 0.2) is 0 Å². The summed E-state index contributed by atoms with van der Waals surface area (Å²) in [5, 5.41) is 1.01. The van der Waals surface area contributed by atoms with E-state index < -0.39 is 27.8 Å². The van der Waals surface area contributed by atoms with E-state index in [2.05, 4.69) is 4.72 Å². The molecule has 1 fully saturated rings. The van der Waals surface area contributed by atoms with Crippen molar-refractivity contribution in [3.8, 4) is 0 Å². The third kappa shape index (κ3) is 5.28. The van der Waals surface area contributed by atoms with Crippen LogP contribution in [-0.2, 0) is 14.8 Å². The van der Waals surface area contributed by atoms with E-state index in [-0.39, 0.29) is 24.7 Å². The normalized spacial score (nSPS) is 18.7. The molecule has 0 unspecified atom stereocenters. The molecule has 0 bridgehead atoms. The van der Waals surface area contributed by atoms with E-state index in [9.17, 15) is 17.6 Å². The minimum absolute atomic E-state index is 0.104. The monoisotopic (exact) mass is 472 g/mol. The molecule has 2 aromatic rings. The predicted octanol–water partition coefficient (Wildman–Crippen LogP) is 2.44. The lowest BCUT2D eigenvalue weighted by molar-refractivity contribution is -0.890. The number of hydrogen-bond acceptors (Lipinski definition) is 4. The van der Waals surface area contributed by atoms with E-state index in [4.69, 9.17) is 11.6 Å². The minimum Gasteiger partial charge on any atom is -0.334 e. The Morgan fingerprint density at radius 2 is 2.07 bits per heavy atom. The van der Waals surface area contributed by atoms with Crippen LogP contribution in [0.4, 0.5) is 10.1 Å². The molecule has 1 aliphatic rings. The summed E-state index contributed by atoms with van der Waals surface area (Å²) >= 11 is 7.08. The summed E-state index contributed by atoms with van der Waals surface area (Å²) in [5.74, 6) is -0.962. The number of hydrogen-bond donors (Lipinski definition) is 2. The maximum Gasteiger partial charge on any atom is 0.245 e. The molecule has 0 spiro atoms. The number of benzene rings is 1. The molecule has 10 heteroatoms. The van der Waals surface area contributed by atoms with Crippen molar-refractivity contribution in [2.75, 3.05) is 25.5 Å². The largest absolute Gasteiger partial charge is 0.334 e. The van der Waals surface area contributed by atoms with Gasteiger partial charge in [0, 0.05) is 22.4 Å². The molecule has 3 rings (SSSR count). The van der Waals surface area contributed by atoms with Crippen molar-refractivity contribution in [1.29, 1.82) is 0 Å². The van der Waals surface area contributed by atoms with Crippen molar-refractivity contribution in [2.45, 2.75) is 25.4 Å². The molecule has 162 valence electrons. The molecule has 1 aromatic carbocycles. The zero-order chi connectivity index (χ0) is 22.1. The summed E-state index contributed by atoms with van der Waals surface area (Å²) in [5.41, 5.74) is 0.995. The Morgan fingerprint density at radius 1 is 1.33 bits per heavy atom. The van der Waals surface area contributed by atoms with Crippen molar-refractivity contribution >= 4 is 50.6 Å². The highest BCUT2D eigenvalue weighted by molar-refractivity contribution is 7.92. The lowest BCUT2D eigenvalue weighted by Gasteiger charge is -2.21. The summed E-state index contributed by atoms with van der Waals surface area (Å²) in [6.07, 6.45) is 1.68. The molecule has 30 heavy (non-hydrogen) atoms. The molecule has 6 nitrogen and oxygen atoms in total. The van der Waals surface area contributed by atoms with Gasteiger partial charge in [-0.05, 0) is 43.7 Å². The predicted molar refractivity (Wildman–Crippen MR) is 119 cm³/mol. The first-order valence-electron chi connectivity index (χ1n) is 9.44. The molecule has 1 aliphatic heterocycles. The number of quaternary nitrogens is 1. The number of nitrogens with zero attached hydrogens (tertiary/aromatic N) is 1. The van der Waals surface area contributed by atoms with Crippen LogP contribution in [0.1, 0.15) is 29.8 Å². The lowest BCUT2D eigenvalue weighted by atomic mass is 10.1. The highest BCUT2D eigenvalue weighted by atomic mass is 35.5. The molecule has 0 aliphatic carbocycles. The third-order valence-corrected chi connectivity index (χ3v) is 7.45. The van der Waals surface area contributed by atoms with Gasteiger partial charge in [0.2, 0.25) is 15.9 Å². The second kappa shape index (κ2) is 9.15. The Bertz CT molecular complexity index is 1070. The topological polar surface area (TPSA) is 70.9 Å². The number of amides is 1. The van der Waals surface area contributed by atoms with Crippen LogP contribution in [0.2, 0.25) is 4.34 Å². The Kier molecular flexibility index (Phi) is 6.98. The SMILES string of the molecule is C[C@H](c1ccc(N2CC[C@H](NS(=O)(=O)/C=C/c3ccc(Cl)s3)C2=O)c(F)c1)[NH+](C)C. The van der Waals surface area contributed by atoms with Crippen molar-refractivity contribution < 1.29 is 22.5 Å². The fourth-order valence-electron chi connectivity index (χ4n) is 3.19. The van der Waals surface area contributed by atoms with Crippen molar-refractivity contribution in [3.63, 3.8) is 0 Å². The second-order valence-corrected chi connectivity index (χ2v) is 10.8. The smallest absolute Gasteiger partial charge is 0.245 e. The summed E-state index contributed by atoms with van der Waals surface area (Å²) in [4.78, 5) is 15.9. The van der Waals surface area contributed by atoms with Gasteiger partial charge >= 0.3 is 0 Å². The molecule has 1 amide bonds. The van der Waals surface area contributed by atoms with E-state index in [1.165, 1.54) is 28.4 Å². The molecule has 2 N–H and O–H groups in total. The Morgan fingerprint density at radius 3 is 2.67 bits per heavy atom. The highest BCUT2D eigenvalue weighted by Crippen LogP contribution is 2.27. The lowest BCUT2D eigenvalue weighted by Crippen LogP contribution is -3.05. The fourth-order valence-corrected chi connectivity index (χ4v) is 5.25. The third-order valence-electron chi connectivity index (χ3n) is 5.15. The van der Waals surface area contributed by atoms with Gasteiger partial charge in [0.05, 0.1) is 24.1 Å². The molecule has 0 radical (unpaired) electrons. The van der Waals surface area contributed by atoms with Gasteiger partial charge < -0.3 is 9.80 Å². The van der Waals surface area contributed by atoms with Crippen LogP contribution in [0.25, 0.3) is 6.08 Å². The summed E-state index contributed by atoms with van der Waals surface area (Å²) in [6, 6.07) is 7.36. The number of carbonyl (C=O) groups is 1. The van der Waals surface area contributed by atoms with Crippen LogP contribution in [0.15, 0.2) is 35.7 Å². The van der Waals surface area contributed by atoms with Gasteiger partial charge in [0.25, 0.3) is 0 Å². The first kappa shape index (κ1) is 22.9. The van der Waals surface area contributed by atoms with Gasteiger partial charge in [-0.25, -0.2) is 12.8 Å². The van der Waals surface area contributed by atoms with Crippen molar-refractivity contribution in [3.05, 3.63) is 56.3 Å². The summed E-state index contributed by atoms with van der Waals surface area (Å²) in [6.45, 7) is 2.23. The average molecular weight is 473 g/mol. The quantitative estimate of drug-likeness (QED) is 0.650. The highest BCUT2D eigenvalue weighted by Gasteiger charge is 2.36. The molecular weight excluding hydrogens is 449 g/mol. The number of rotatable bonds is 7. The number of sulfonamides is 1. The maximum atomic E-state index is 14.7. The van der Waals surface area contributed by atoms with E-state index in [1.807, 2.05) is 21.0 Å².